The summed E-state index contributed by atoms with van der Waals surface area (Å²) in [6, 6.07) is 10.3. The molecule has 0 saturated carbocycles. The Morgan fingerprint density at radius 1 is 1.15 bits per heavy atom. The van der Waals surface area contributed by atoms with Crippen molar-refractivity contribution in [3.63, 3.8) is 0 Å². The van der Waals surface area contributed by atoms with Crippen LogP contribution in [0.3, 0.4) is 0 Å². The summed E-state index contributed by atoms with van der Waals surface area (Å²) in [5.74, 6) is 0. The van der Waals surface area contributed by atoms with Gasteiger partial charge in [0.25, 0.3) is 0 Å². The van der Waals surface area contributed by atoms with Gasteiger partial charge in [0.15, 0.2) is 0 Å². The molecule has 66 valence electrons. The Bertz CT molecular complexity index is 335. The Morgan fingerprint density at radius 2 is 1.92 bits per heavy atom. The van der Waals surface area contributed by atoms with Crippen LogP contribution in [0.5, 0.6) is 0 Å². The molecular weight excluding hydrogens is 158 g/mol. The molecule has 0 unspecified atom stereocenters. The minimum absolute atomic E-state index is 0.0659. The molecule has 1 nitrogen and oxygen atoms in total. The van der Waals surface area contributed by atoms with Crippen LogP contribution in [0.25, 0.3) is 0 Å². The number of allylic oxidation sites excluding steroid dienone is 3. The maximum Gasteiger partial charge on any atom is 0.0517 e. The van der Waals surface area contributed by atoms with Gasteiger partial charge in [0.05, 0.1) is 6.04 Å². The Labute approximate surface area is 78.6 Å². The highest BCUT2D eigenvalue weighted by atomic mass is 14.6. The van der Waals surface area contributed by atoms with E-state index >= 15 is 0 Å². The molecule has 0 radical (unpaired) electrons. The predicted molar refractivity (Wildman–Crippen MR) is 55.2 cm³/mol. The van der Waals surface area contributed by atoms with Gasteiger partial charge in [-0.15, -0.1) is 0 Å². The molecule has 1 aromatic carbocycles. The van der Waals surface area contributed by atoms with Crippen LogP contribution < -0.4 is 5.73 Å². The quantitative estimate of drug-likeness (QED) is 0.727. The summed E-state index contributed by atoms with van der Waals surface area (Å²) in [5.41, 5.74) is 8.58. The molecule has 1 aromatic rings. The highest BCUT2D eigenvalue weighted by Gasteiger charge is 2.11. The van der Waals surface area contributed by atoms with E-state index in [0.29, 0.717) is 0 Å². The minimum atomic E-state index is 0.0659. The average molecular weight is 171 g/mol. The van der Waals surface area contributed by atoms with Crippen molar-refractivity contribution in [1.82, 2.24) is 0 Å². The molecule has 0 fully saturated rings. The second kappa shape index (κ2) is 3.58. The molecule has 0 aromatic heterocycles. The third-order valence-electron chi connectivity index (χ3n) is 2.36. The second-order valence-electron chi connectivity index (χ2n) is 3.26. The van der Waals surface area contributed by atoms with Crippen LogP contribution in [0.15, 0.2) is 54.1 Å². The molecular formula is C12H13N. The average Bonchev–Trinajstić information content (AvgIpc) is 2.71. The maximum atomic E-state index is 6.09. The van der Waals surface area contributed by atoms with Gasteiger partial charge < -0.3 is 5.73 Å². The molecule has 2 rings (SSSR count). The molecule has 2 N–H and O–H groups in total. The zero-order valence-corrected chi connectivity index (χ0v) is 7.48. The Kier molecular flexibility index (Phi) is 2.28. The largest absolute Gasteiger partial charge is 0.321 e. The van der Waals surface area contributed by atoms with E-state index in [1.54, 1.807) is 0 Å². The van der Waals surface area contributed by atoms with Crippen molar-refractivity contribution in [2.75, 3.05) is 0 Å². The van der Waals surface area contributed by atoms with Gasteiger partial charge in [-0.1, -0.05) is 48.6 Å². The third-order valence-corrected chi connectivity index (χ3v) is 2.36. The molecule has 1 atom stereocenters. The van der Waals surface area contributed by atoms with E-state index in [0.717, 1.165) is 6.42 Å². The monoisotopic (exact) mass is 171 g/mol. The number of hydrogen-bond donors (Lipinski definition) is 1. The number of hydrogen-bond acceptors (Lipinski definition) is 1. The van der Waals surface area contributed by atoms with E-state index in [1.807, 2.05) is 18.2 Å². The fourth-order valence-corrected chi connectivity index (χ4v) is 1.57. The van der Waals surface area contributed by atoms with Crippen molar-refractivity contribution < 1.29 is 0 Å². The van der Waals surface area contributed by atoms with Crippen LogP contribution in [0.4, 0.5) is 0 Å². The van der Waals surface area contributed by atoms with Crippen LogP contribution >= 0.6 is 0 Å². The summed E-state index contributed by atoms with van der Waals surface area (Å²) in [7, 11) is 0. The lowest BCUT2D eigenvalue weighted by atomic mass is 9.99. The smallest absolute Gasteiger partial charge is 0.0517 e. The Morgan fingerprint density at radius 3 is 2.54 bits per heavy atom. The summed E-state index contributed by atoms with van der Waals surface area (Å²) in [5, 5.41) is 0. The molecule has 1 aliphatic rings. The van der Waals surface area contributed by atoms with Crippen molar-refractivity contribution in [2.24, 2.45) is 5.73 Å². The van der Waals surface area contributed by atoms with Gasteiger partial charge in [0, 0.05) is 0 Å². The number of rotatable bonds is 2. The lowest BCUT2D eigenvalue weighted by Gasteiger charge is -2.12. The molecule has 0 heterocycles. The minimum Gasteiger partial charge on any atom is -0.321 e. The first kappa shape index (κ1) is 8.27. The zero-order chi connectivity index (χ0) is 9.10. The first-order valence-electron chi connectivity index (χ1n) is 4.54. The summed E-state index contributed by atoms with van der Waals surface area (Å²) < 4.78 is 0. The SMILES string of the molecule is N[C@H](C1=CC=CC1)c1ccccc1. The van der Waals surface area contributed by atoms with Gasteiger partial charge in [-0.25, -0.2) is 0 Å². The van der Waals surface area contributed by atoms with Crippen molar-refractivity contribution in [3.05, 3.63) is 59.7 Å². The molecule has 0 saturated heterocycles. The highest BCUT2D eigenvalue weighted by Crippen LogP contribution is 2.24. The molecule has 0 spiro atoms. The van der Waals surface area contributed by atoms with Crippen LogP contribution in [0.2, 0.25) is 0 Å². The van der Waals surface area contributed by atoms with E-state index in [-0.39, 0.29) is 6.04 Å². The third kappa shape index (κ3) is 1.70. The summed E-state index contributed by atoms with van der Waals surface area (Å²) in [6.45, 7) is 0. The standard InChI is InChI=1S/C12H13N/c13-12(11-8-4-5-9-11)10-6-2-1-3-7-10/h1-8,12H,9,13H2/t12-/m0/s1. The van der Waals surface area contributed by atoms with Gasteiger partial charge >= 0.3 is 0 Å². The molecule has 1 aliphatic carbocycles. The van der Waals surface area contributed by atoms with Crippen molar-refractivity contribution in [2.45, 2.75) is 12.5 Å². The van der Waals surface area contributed by atoms with E-state index in [2.05, 4.69) is 30.4 Å². The lowest BCUT2D eigenvalue weighted by Crippen LogP contribution is -2.11. The fraction of sp³-hybridized carbons (Fsp3) is 0.167. The normalized spacial score (nSPS) is 17.2. The predicted octanol–water partition coefficient (Wildman–Crippen LogP) is 2.57. The van der Waals surface area contributed by atoms with Crippen molar-refractivity contribution in [1.29, 1.82) is 0 Å². The van der Waals surface area contributed by atoms with E-state index in [4.69, 9.17) is 5.73 Å². The first-order chi connectivity index (χ1) is 6.38. The lowest BCUT2D eigenvalue weighted by molar-refractivity contribution is 0.827. The van der Waals surface area contributed by atoms with Crippen LogP contribution in [0.1, 0.15) is 18.0 Å². The van der Waals surface area contributed by atoms with Crippen molar-refractivity contribution in [3.8, 4) is 0 Å². The number of benzene rings is 1. The Balaban J connectivity index is 2.18. The van der Waals surface area contributed by atoms with Gasteiger partial charge in [0.1, 0.15) is 0 Å². The topological polar surface area (TPSA) is 26.0 Å². The zero-order valence-electron chi connectivity index (χ0n) is 7.48. The van der Waals surface area contributed by atoms with Gasteiger partial charge in [0.2, 0.25) is 0 Å². The van der Waals surface area contributed by atoms with E-state index in [9.17, 15) is 0 Å². The van der Waals surface area contributed by atoms with Crippen LogP contribution in [0, 0.1) is 0 Å². The molecule has 0 aliphatic heterocycles. The van der Waals surface area contributed by atoms with Gasteiger partial charge in [-0.2, -0.15) is 0 Å². The molecule has 13 heavy (non-hydrogen) atoms. The second-order valence-corrected chi connectivity index (χ2v) is 3.26. The van der Waals surface area contributed by atoms with Gasteiger partial charge in [-0.05, 0) is 17.6 Å². The summed E-state index contributed by atoms with van der Waals surface area (Å²) in [4.78, 5) is 0. The fourth-order valence-electron chi connectivity index (χ4n) is 1.57. The van der Waals surface area contributed by atoms with E-state index < -0.39 is 0 Å². The summed E-state index contributed by atoms with van der Waals surface area (Å²) in [6.07, 6.45) is 7.31. The Hall–Kier alpha value is -1.34. The van der Waals surface area contributed by atoms with Crippen LogP contribution in [-0.2, 0) is 0 Å². The van der Waals surface area contributed by atoms with E-state index in [1.165, 1.54) is 11.1 Å². The molecule has 1 heteroatoms. The van der Waals surface area contributed by atoms with Gasteiger partial charge in [-0.3, -0.25) is 0 Å². The maximum absolute atomic E-state index is 6.09. The molecule has 0 bridgehead atoms. The van der Waals surface area contributed by atoms with Crippen LogP contribution in [-0.4, -0.2) is 0 Å². The van der Waals surface area contributed by atoms with Crippen molar-refractivity contribution >= 4 is 0 Å². The molecule has 0 amide bonds. The first-order valence-corrected chi connectivity index (χ1v) is 4.54. The number of nitrogens with two attached hydrogens (primary N) is 1. The summed E-state index contributed by atoms with van der Waals surface area (Å²) >= 11 is 0. The highest BCUT2D eigenvalue weighted by molar-refractivity contribution is 5.34.